The van der Waals surface area contributed by atoms with Crippen LogP contribution < -0.4 is 9.46 Å². The van der Waals surface area contributed by atoms with E-state index in [2.05, 4.69) is 10.8 Å². The van der Waals surface area contributed by atoms with E-state index >= 15 is 0 Å². The maximum atomic E-state index is 13.0. The predicted octanol–water partition coefficient (Wildman–Crippen LogP) is 3.76. The molecule has 1 saturated heterocycles. The molecule has 1 fully saturated rings. The van der Waals surface area contributed by atoms with Gasteiger partial charge in [-0.25, -0.2) is 9.78 Å². The lowest BCUT2D eigenvalue weighted by molar-refractivity contribution is 0.00704. The second-order valence-corrected chi connectivity index (χ2v) is 12.3. The third-order valence-corrected chi connectivity index (χ3v) is 7.38. The second-order valence-electron chi connectivity index (χ2n) is 10.3. The number of carbonyl (C=O) groups is 1. The molecular formula is C22H35N3O4S. The highest BCUT2D eigenvalue weighted by molar-refractivity contribution is 7.90. The lowest BCUT2D eigenvalue weighted by atomic mass is 9.73. The van der Waals surface area contributed by atoms with E-state index in [0.717, 1.165) is 30.5 Å². The molecule has 7 nitrogen and oxygen atoms in total. The number of rotatable bonds is 3. The Morgan fingerprint density at radius 2 is 1.87 bits per heavy atom. The second kappa shape index (κ2) is 8.20. The number of fused-ring (bicyclic) bond motifs is 1. The van der Waals surface area contributed by atoms with Crippen molar-refractivity contribution in [2.24, 2.45) is 5.41 Å². The Kier molecular flexibility index (Phi) is 6.33. The lowest BCUT2D eigenvalue weighted by Gasteiger charge is -2.43. The van der Waals surface area contributed by atoms with E-state index < -0.39 is 17.0 Å². The number of piperidine rings is 1. The molecule has 1 amide bonds. The van der Waals surface area contributed by atoms with Gasteiger partial charge < -0.3 is 18.9 Å². The van der Waals surface area contributed by atoms with E-state index in [-0.39, 0.29) is 22.3 Å². The van der Waals surface area contributed by atoms with E-state index in [1.807, 2.05) is 47.6 Å². The summed E-state index contributed by atoms with van der Waals surface area (Å²) >= 11 is -1.24. The van der Waals surface area contributed by atoms with Gasteiger partial charge in [-0.2, -0.15) is 0 Å². The highest BCUT2D eigenvalue weighted by atomic mass is 32.2. The Morgan fingerprint density at radius 3 is 2.40 bits per heavy atom. The van der Waals surface area contributed by atoms with Crippen molar-refractivity contribution >= 4 is 17.5 Å². The van der Waals surface area contributed by atoms with Crippen molar-refractivity contribution in [1.82, 2.24) is 14.6 Å². The summed E-state index contributed by atoms with van der Waals surface area (Å²) in [6.07, 6.45) is 2.17. The normalized spacial score (nSPS) is 22.0. The van der Waals surface area contributed by atoms with Crippen LogP contribution in [0.1, 0.15) is 71.7 Å². The molecule has 8 heteroatoms. The third-order valence-electron chi connectivity index (χ3n) is 5.82. The molecule has 3 rings (SSSR count). The minimum atomic E-state index is -1.24. The molecule has 0 unspecified atom stereocenters. The van der Waals surface area contributed by atoms with E-state index in [0.29, 0.717) is 19.0 Å². The first-order valence-corrected chi connectivity index (χ1v) is 11.7. The smallest absolute Gasteiger partial charge is 0.410 e. The monoisotopic (exact) mass is 437 g/mol. The van der Waals surface area contributed by atoms with Crippen LogP contribution in [-0.2, 0) is 22.5 Å². The van der Waals surface area contributed by atoms with Crippen molar-refractivity contribution in [1.29, 1.82) is 0 Å². The fourth-order valence-electron chi connectivity index (χ4n) is 4.16. The summed E-state index contributed by atoms with van der Waals surface area (Å²) in [4.78, 5) is 19.0. The number of aromatic nitrogens is 1. The number of carbonyl (C=O) groups excluding carboxylic acids is 1. The van der Waals surface area contributed by atoms with E-state index in [4.69, 9.17) is 14.5 Å². The highest BCUT2D eigenvalue weighted by Crippen LogP contribution is 2.52. The van der Waals surface area contributed by atoms with Crippen LogP contribution in [0, 0.1) is 5.41 Å². The Hall–Kier alpha value is -1.51. The molecule has 0 radical (unpaired) electrons. The van der Waals surface area contributed by atoms with Crippen molar-refractivity contribution in [3.8, 4) is 5.88 Å². The number of likely N-dealkylation sites (tertiary alicyclic amines) is 1. The molecule has 1 aliphatic carbocycles. The number of nitrogens with one attached hydrogen (secondary N) is 1. The van der Waals surface area contributed by atoms with Gasteiger partial charge in [-0.3, -0.25) is 0 Å². The minimum Gasteiger partial charge on any atom is -0.598 e. The fraction of sp³-hybridized carbons (Fsp3) is 0.727. The van der Waals surface area contributed by atoms with Gasteiger partial charge in [0.2, 0.25) is 5.88 Å². The minimum absolute atomic E-state index is 0.138. The van der Waals surface area contributed by atoms with E-state index in [9.17, 15) is 9.35 Å². The standard InChI is InChI=1S/C22H35N3O4S/c1-20(2,3)29-19(26)25-12-10-22(11-13-25)14-15-8-9-16(28-7)23-17(15)18(22)24-30(27)21(4,5)6/h8-9,18,24H,10-14H2,1-7H3/t18-,30+/m0/s1. The SMILES string of the molecule is COc1ccc2c(n1)[C@H](N[S@+]([O-])C(C)(C)C)C1(CCN(C(=O)OC(C)(C)C)CC1)C2. The zero-order valence-electron chi connectivity index (χ0n) is 19.2. The molecule has 1 N–H and O–H groups in total. The Balaban J connectivity index is 1.83. The predicted molar refractivity (Wildman–Crippen MR) is 118 cm³/mol. The van der Waals surface area contributed by atoms with Gasteiger partial charge in [0.1, 0.15) is 16.4 Å². The van der Waals surface area contributed by atoms with Crippen LogP contribution in [0.4, 0.5) is 4.79 Å². The molecule has 0 saturated carbocycles. The largest absolute Gasteiger partial charge is 0.598 e. The number of hydrogen-bond donors (Lipinski definition) is 1. The number of hydrogen-bond acceptors (Lipinski definition) is 6. The molecule has 2 atom stereocenters. The summed E-state index contributed by atoms with van der Waals surface area (Å²) in [6, 6.07) is 3.79. The molecule has 1 aromatic heterocycles. The van der Waals surface area contributed by atoms with Crippen LogP contribution in [0.5, 0.6) is 5.88 Å². The lowest BCUT2D eigenvalue weighted by Crippen LogP contribution is -2.51. The number of amides is 1. The molecule has 168 valence electrons. The van der Waals surface area contributed by atoms with E-state index in [1.165, 1.54) is 0 Å². The van der Waals surface area contributed by atoms with Crippen LogP contribution in [0.2, 0.25) is 0 Å². The molecule has 1 aromatic rings. The number of ether oxygens (including phenoxy) is 2. The summed E-state index contributed by atoms with van der Waals surface area (Å²) in [7, 11) is 1.61. The first-order chi connectivity index (χ1) is 13.8. The zero-order chi connectivity index (χ0) is 22.3. The highest BCUT2D eigenvalue weighted by Gasteiger charge is 2.52. The van der Waals surface area contributed by atoms with Crippen LogP contribution in [0.25, 0.3) is 0 Å². The summed E-state index contributed by atoms with van der Waals surface area (Å²) in [6.45, 7) is 12.7. The van der Waals surface area contributed by atoms with E-state index in [1.54, 1.807) is 12.0 Å². The van der Waals surface area contributed by atoms with Gasteiger partial charge in [-0.1, -0.05) is 6.07 Å². The maximum Gasteiger partial charge on any atom is 0.410 e. The summed E-state index contributed by atoms with van der Waals surface area (Å²) in [5.41, 5.74) is 1.42. The van der Waals surface area contributed by atoms with Crippen LogP contribution in [0.15, 0.2) is 12.1 Å². The number of methoxy groups -OCH3 is 1. The molecule has 1 spiro atoms. The van der Waals surface area contributed by atoms with Gasteiger partial charge in [0.15, 0.2) is 0 Å². The fourth-order valence-corrected chi connectivity index (χ4v) is 5.09. The third kappa shape index (κ3) is 4.86. The maximum absolute atomic E-state index is 13.0. The number of pyridine rings is 1. The molecule has 2 heterocycles. The van der Waals surface area contributed by atoms with Gasteiger partial charge in [0.25, 0.3) is 0 Å². The van der Waals surface area contributed by atoms with Crippen LogP contribution in [0.3, 0.4) is 0 Å². The van der Waals surface area contributed by atoms with Crippen LogP contribution >= 0.6 is 0 Å². The molecule has 2 aliphatic rings. The molecule has 0 bridgehead atoms. The van der Waals surface area contributed by atoms with Crippen molar-refractivity contribution in [3.63, 3.8) is 0 Å². The Morgan fingerprint density at radius 1 is 1.23 bits per heavy atom. The van der Waals surface area contributed by atoms with Crippen molar-refractivity contribution in [2.45, 2.75) is 77.2 Å². The molecule has 1 aliphatic heterocycles. The molecular weight excluding hydrogens is 402 g/mol. The Bertz CT molecular complexity index is 780. The first-order valence-electron chi connectivity index (χ1n) is 10.5. The topological polar surface area (TPSA) is 86.8 Å². The first kappa shape index (κ1) is 23.2. The quantitative estimate of drug-likeness (QED) is 0.725. The van der Waals surface area contributed by atoms with Gasteiger partial charge in [0, 0.05) is 35.9 Å². The number of nitrogens with zero attached hydrogens (tertiary/aromatic N) is 2. The molecule has 30 heavy (non-hydrogen) atoms. The zero-order valence-corrected chi connectivity index (χ0v) is 20.0. The average molecular weight is 438 g/mol. The van der Waals surface area contributed by atoms with Gasteiger partial charge in [-0.15, -0.1) is 4.72 Å². The van der Waals surface area contributed by atoms with Gasteiger partial charge in [0.05, 0.1) is 12.8 Å². The summed E-state index contributed by atoms with van der Waals surface area (Å²) < 4.78 is 26.9. The van der Waals surface area contributed by atoms with Crippen molar-refractivity contribution in [3.05, 3.63) is 23.4 Å². The summed E-state index contributed by atoms with van der Waals surface area (Å²) in [5.74, 6) is 0.560. The van der Waals surface area contributed by atoms with Gasteiger partial charge in [-0.05, 0) is 66.4 Å². The van der Waals surface area contributed by atoms with Crippen molar-refractivity contribution < 1.29 is 18.8 Å². The van der Waals surface area contributed by atoms with Crippen molar-refractivity contribution in [2.75, 3.05) is 20.2 Å². The van der Waals surface area contributed by atoms with Gasteiger partial charge >= 0.3 is 6.09 Å². The Labute approximate surface area is 183 Å². The summed E-state index contributed by atoms with van der Waals surface area (Å²) in [5, 5.41) is 0. The van der Waals surface area contributed by atoms with Crippen LogP contribution in [-0.4, -0.2) is 51.1 Å². The molecule has 0 aromatic carbocycles. The average Bonchev–Trinajstić information content (AvgIpc) is 2.92.